The standard InChI is InChI=1S/C25H23N5OS2/c1-18-14-19(2)16-21(15-18)29(12-7-11-26)23(31)17-33-25-28-27-24(22-10-6-13-32-22)30(25)20-8-4-3-5-9-20/h3-6,8-10,13-16H,7,12,17H2,1-2H3. The number of thioether (sulfide) groups is 1. The van der Waals surface area contributed by atoms with E-state index in [1.165, 1.54) is 11.8 Å². The van der Waals surface area contributed by atoms with Gasteiger partial charge in [0.1, 0.15) is 0 Å². The number of hydrogen-bond acceptors (Lipinski definition) is 6. The molecule has 2 aromatic heterocycles. The van der Waals surface area contributed by atoms with Gasteiger partial charge >= 0.3 is 0 Å². The highest BCUT2D eigenvalue weighted by Gasteiger charge is 2.21. The normalized spacial score (nSPS) is 10.7. The maximum absolute atomic E-state index is 13.3. The number of anilines is 1. The molecule has 0 unspecified atom stereocenters. The molecule has 0 aliphatic rings. The molecule has 1 amide bonds. The van der Waals surface area contributed by atoms with Crippen LogP contribution < -0.4 is 4.90 Å². The van der Waals surface area contributed by atoms with Crippen LogP contribution in [0.3, 0.4) is 0 Å². The highest BCUT2D eigenvalue weighted by Crippen LogP contribution is 2.31. The molecule has 0 bridgehead atoms. The Morgan fingerprint density at radius 2 is 1.85 bits per heavy atom. The Bertz CT molecular complexity index is 1260. The van der Waals surface area contributed by atoms with Crippen molar-refractivity contribution in [1.29, 1.82) is 5.26 Å². The molecule has 6 nitrogen and oxygen atoms in total. The van der Waals surface area contributed by atoms with Gasteiger partial charge in [0.05, 0.1) is 23.1 Å². The lowest BCUT2D eigenvalue weighted by Crippen LogP contribution is -2.33. The number of benzene rings is 2. The fraction of sp³-hybridized carbons (Fsp3) is 0.200. The van der Waals surface area contributed by atoms with Crippen LogP contribution >= 0.6 is 23.1 Å². The monoisotopic (exact) mass is 473 g/mol. The number of carbonyl (C=O) groups excluding carboxylic acids is 1. The molecular formula is C25H23N5OS2. The van der Waals surface area contributed by atoms with Crippen molar-refractivity contribution < 1.29 is 4.79 Å². The van der Waals surface area contributed by atoms with Crippen molar-refractivity contribution in [2.45, 2.75) is 25.4 Å². The first kappa shape index (κ1) is 22.8. The number of amides is 1. The number of thiophene rings is 1. The third-order valence-electron chi connectivity index (χ3n) is 4.98. The average Bonchev–Trinajstić information content (AvgIpc) is 3.48. The third kappa shape index (κ3) is 5.33. The molecule has 0 fully saturated rings. The van der Waals surface area contributed by atoms with E-state index in [-0.39, 0.29) is 18.1 Å². The molecule has 4 rings (SSSR count). The van der Waals surface area contributed by atoms with E-state index in [0.29, 0.717) is 11.7 Å². The lowest BCUT2D eigenvalue weighted by molar-refractivity contribution is -0.116. The number of hydrogen-bond donors (Lipinski definition) is 0. The summed E-state index contributed by atoms with van der Waals surface area (Å²) in [4.78, 5) is 16.0. The minimum atomic E-state index is -0.0689. The Labute approximate surface area is 201 Å². The van der Waals surface area contributed by atoms with Crippen LogP contribution in [0, 0.1) is 25.2 Å². The second kappa shape index (κ2) is 10.5. The maximum atomic E-state index is 13.3. The highest BCUT2D eigenvalue weighted by atomic mass is 32.2. The largest absolute Gasteiger partial charge is 0.311 e. The van der Waals surface area contributed by atoms with E-state index >= 15 is 0 Å². The molecule has 33 heavy (non-hydrogen) atoms. The Hall–Kier alpha value is -3.41. The fourth-order valence-electron chi connectivity index (χ4n) is 3.61. The van der Waals surface area contributed by atoms with Crippen molar-refractivity contribution >= 4 is 34.7 Å². The Morgan fingerprint density at radius 1 is 1.09 bits per heavy atom. The molecular weight excluding hydrogens is 450 g/mol. The van der Waals surface area contributed by atoms with Crippen LogP contribution in [-0.4, -0.2) is 33.0 Å². The molecule has 2 aromatic carbocycles. The molecule has 8 heteroatoms. The number of para-hydroxylation sites is 1. The first-order valence-electron chi connectivity index (χ1n) is 10.5. The number of aryl methyl sites for hydroxylation is 2. The molecule has 0 aliphatic heterocycles. The van der Waals surface area contributed by atoms with E-state index in [9.17, 15) is 4.79 Å². The van der Waals surface area contributed by atoms with Crippen LogP contribution in [-0.2, 0) is 4.79 Å². The van der Waals surface area contributed by atoms with Gasteiger partial charge in [0.15, 0.2) is 11.0 Å². The van der Waals surface area contributed by atoms with Crippen LogP contribution in [0.15, 0.2) is 71.2 Å². The summed E-state index contributed by atoms with van der Waals surface area (Å²) in [5.74, 6) is 0.871. The van der Waals surface area contributed by atoms with Gasteiger partial charge in [-0.05, 0) is 60.7 Å². The molecule has 4 aromatic rings. The third-order valence-corrected chi connectivity index (χ3v) is 6.76. The van der Waals surface area contributed by atoms with Crippen LogP contribution in [0.1, 0.15) is 17.5 Å². The number of carbonyl (C=O) groups is 1. The number of aromatic nitrogens is 3. The molecule has 0 atom stereocenters. The first-order chi connectivity index (χ1) is 16.1. The van der Waals surface area contributed by atoms with E-state index in [2.05, 4.69) is 22.3 Å². The molecule has 0 saturated carbocycles. The molecule has 0 saturated heterocycles. The molecule has 2 heterocycles. The number of nitrogens with zero attached hydrogens (tertiary/aromatic N) is 5. The lowest BCUT2D eigenvalue weighted by Gasteiger charge is -2.22. The predicted octanol–water partition coefficient (Wildman–Crippen LogP) is 5.65. The van der Waals surface area contributed by atoms with Crippen LogP contribution in [0.5, 0.6) is 0 Å². The number of rotatable bonds is 8. The predicted molar refractivity (Wildman–Crippen MR) is 134 cm³/mol. The van der Waals surface area contributed by atoms with Crippen molar-refractivity contribution in [2.75, 3.05) is 17.2 Å². The van der Waals surface area contributed by atoms with Gasteiger partial charge in [0.2, 0.25) is 5.91 Å². The molecule has 0 spiro atoms. The SMILES string of the molecule is Cc1cc(C)cc(N(CCC#N)C(=O)CSc2nnc(-c3cccs3)n2-c2ccccc2)c1. The summed E-state index contributed by atoms with van der Waals surface area (Å²) >= 11 is 2.95. The fourth-order valence-corrected chi connectivity index (χ4v) is 5.14. The summed E-state index contributed by atoms with van der Waals surface area (Å²) in [6, 6.07) is 22.1. The summed E-state index contributed by atoms with van der Waals surface area (Å²) in [6.07, 6.45) is 0.270. The minimum Gasteiger partial charge on any atom is -0.311 e. The van der Waals surface area contributed by atoms with E-state index < -0.39 is 0 Å². The van der Waals surface area contributed by atoms with Gasteiger partial charge < -0.3 is 4.90 Å². The summed E-state index contributed by atoms with van der Waals surface area (Å²) in [7, 11) is 0. The second-order valence-corrected chi connectivity index (χ2v) is 9.43. The van der Waals surface area contributed by atoms with Crippen LogP contribution in [0.4, 0.5) is 5.69 Å². The average molecular weight is 474 g/mol. The first-order valence-corrected chi connectivity index (χ1v) is 12.4. The lowest BCUT2D eigenvalue weighted by atomic mass is 10.1. The van der Waals surface area contributed by atoms with Crippen LogP contribution in [0.2, 0.25) is 0 Å². The molecule has 0 aliphatic carbocycles. The summed E-state index contributed by atoms with van der Waals surface area (Å²) in [5, 5.41) is 20.6. The Morgan fingerprint density at radius 3 is 2.52 bits per heavy atom. The molecule has 0 radical (unpaired) electrons. The van der Waals surface area contributed by atoms with Gasteiger partial charge in [-0.1, -0.05) is 42.1 Å². The highest BCUT2D eigenvalue weighted by molar-refractivity contribution is 7.99. The Balaban J connectivity index is 1.61. The minimum absolute atomic E-state index is 0.0689. The van der Waals surface area contributed by atoms with E-state index in [1.54, 1.807) is 16.2 Å². The van der Waals surface area contributed by atoms with Crippen molar-refractivity contribution in [3.8, 4) is 22.5 Å². The Kier molecular flexibility index (Phi) is 7.23. The van der Waals surface area contributed by atoms with Gasteiger partial charge in [-0.25, -0.2) is 0 Å². The van der Waals surface area contributed by atoms with Crippen molar-refractivity contribution in [1.82, 2.24) is 14.8 Å². The molecule has 166 valence electrons. The zero-order chi connectivity index (χ0) is 23.2. The van der Waals surface area contributed by atoms with Gasteiger partial charge in [-0.15, -0.1) is 21.5 Å². The number of nitriles is 1. The summed E-state index contributed by atoms with van der Waals surface area (Å²) < 4.78 is 1.99. The zero-order valence-electron chi connectivity index (χ0n) is 18.4. The smallest absolute Gasteiger partial charge is 0.237 e. The quantitative estimate of drug-likeness (QED) is 0.309. The van der Waals surface area contributed by atoms with Gasteiger partial charge in [0.25, 0.3) is 0 Å². The van der Waals surface area contributed by atoms with E-state index in [4.69, 9.17) is 5.26 Å². The zero-order valence-corrected chi connectivity index (χ0v) is 20.1. The van der Waals surface area contributed by atoms with Crippen molar-refractivity contribution in [2.24, 2.45) is 0 Å². The van der Waals surface area contributed by atoms with Crippen molar-refractivity contribution in [3.05, 3.63) is 77.2 Å². The second-order valence-electron chi connectivity index (χ2n) is 7.54. The van der Waals surface area contributed by atoms with Crippen LogP contribution in [0.25, 0.3) is 16.4 Å². The van der Waals surface area contributed by atoms with Gasteiger partial charge in [-0.3, -0.25) is 9.36 Å². The topological polar surface area (TPSA) is 74.8 Å². The van der Waals surface area contributed by atoms with Gasteiger partial charge in [0, 0.05) is 17.9 Å². The molecule has 0 N–H and O–H groups in total. The maximum Gasteiger partial charge on any atom is 0.237 e. The van der Waals surface area contributed by atoms with E-state index in [0.717, 1.165) is 33.2 Å². The van der Waals surface area contributed by atoms with Gasteiger partial charge in [-0.2, -0.15) is 5.26 Å². The summed E-state index contributed by atoms with van der Waals surface area (Å²) in [5.41, 5.74) is 3.92. The summed E-state index contributed by atoms with van der Waals surface area (Å²) in [6.45, 7) is 4.36. The van der Waals surface area contributed by atoms with Crippen molar-refractivity contribution in [3.63, 3.8) is 0 Å². The van der Waals surface area contributed by atoms with E-state index in [1.807, 2.05) is 78.4 Å².